The standard InChI is InChI=1S/C30H33F2N5O6S/c1-18(17-42-4)33-26-12-19(10-11-36(2)3)6-8-24(26)29(38)34-28-25-16-22(7-9-27(25)37(35-28)30(39)43-5)44(40,41)23-14-20(31)13-21(32)15-23/h6-9,12-16,18,33H,10-11,17H2,1-5H3,(H,34,35,38)/t18-/m0/s1. The Morgan fingerprint density at radius 1 is 1.00 bits per heavy atom. The Kier molecular flexibility index (Phi) is 9.97. The molecule has 0 saturated carbocycles. The van der Waals surface area contributed by atoms with Crippen molar-refractivity contribution in [1.82, 2.24) is 14.7 Å². The average Bonchev–Trinajstić information content (AvgIpc) is 3.32. The van der Waals surface area contributed by atoms with Gasteiger partial charge in [-0.2, -0.15) is 4.68 Å². The lowest BCUT2D eigenvalue weighted by atomic mass is 10.0. The van der Waals surface area contributed by atoms with E-state index in [-0.39, 0.29) is 33.2 Å². The summed E-state index contributed by atoms with van der Waals surface area (Å²) in [7, 11) is 2.24. The number of halogens is 2. The summed E-state index contributed by atoms with van der Waals surface area (Å²) in [6.45, 7) is 3.07. The molecule has 2 N–H and O–H groups in total. The maximum absolute atomic E-state index is 13.9. The molecule has 1 atom stereocenters. The van der Waals surface area contributed by atoms with E-state index in [0.29, 0.717) is 30.5 Å². The topological polar surface area (TPSA) is 132 Å². The van der Waals surface area contributed by atoms with Gasteiger partial charge in [0.15, 0.2) is 5.82 Å². The van der Waals surface area contributed by atoms with Gasteiger partial charge in [-0.05, 0) is 75.5 Å². The number of rotatable bonds is 11. The average molecular weight is 630 g/mol. The molecule has 0 fully saturated rings. The molecule has 0 radical (unpaired) electrons. The van der Waals surface area contributed by atoms with Gasteiger partial charge in [0.2, 0.25) is 9.84 Å². The zero-order chi connectivity index (χ0) is 32.2. The van der Waals surface area contributed by atoms with Gasteiger partial charge < -0.3 is 25.0 Å². The molecule has 14 heteroatoms. The van der Waals surface area contributed by atoms with Crippen molar-refractivity contribution in [2.75, 3.05) is 52.1 Å². The number of methoxy groups -OCH3 is 2. The van der Waals surface area contributed by atoms with Crippen molar-refractivity contribution in [2.24, 2.45) is 0 Å². The molecule has 11 nitrogen and oxygen atoms in total. The van der Waals surface area contributed by atoms with Crippen LogP contribution in [-0.4, -0.2) is 82.6 Å². The first-order valence-corrected chi connectivity index (χ1v) is 15.0. The van der Waals surface area contributed by atoms with E-state index in [1.165, 1.54) is 18.2 Å². The summed E-state index contributed by atoms with van der Waals surface area (Å²) in [5.74, 6) is -2.85. The fraction of sp³-hybridized carbons (Fsp3) is 0.300. The smallest absolute Gasteiger partial charge is 0.435 e. The van der Waals surface area contributed by atoms with E-state index in [9.17, 15) is 26.8 Å². The molecule has 0 unspecified atom stereocenters. The molecule has 234 valence electrons. The highest BCUT2D eigenvalue weighted by Crippen LogP contribution is 2.31. The van der Waals surface area contributed by atoms with E-state index in [2.05, 4.69) is 15.7 Å². The number of likely N-dealkylation sites (N-methyl/N-ethyl adjacent to an activating group) is 1. The molecular weight excluding hydrogens is 596 g/mol. The van der Waals surface area contributed by atoms with Gasteiger partial charge in [0.1, 0.15) is 11.6 Å². The highest BCUT2D eigenvalue weighted by molar-refractivity contribution is 7.91. The Labute approximate surface area is 253 Å². The third kappa shape index (κ3) is 7.21. The van der Waals surface area contributed by atoms with Crippen LogP contribution >= 0.6 is 0 Å². The number of benzene rings is 3. The fourth-order valence-electron chi connectivity index (χ4n) is 4.55. The SMILES string of the molecule is COC[C@H](C)Nc1cc(CCN(C)C)ccc1C(=O)Nc1nn(C(=O)OC)c2ccc(S(=O)(=O)c3cc(F)cc(F)c3)cc12. The van der Waals surface area contributed by atoms with E-state index in [4.69, 9.17) is 9.47 Å². The fourth-order valence-corrected chi connectivity index (χ4v) is 5.88. The molecule has 4 rings (SSSR count). The number of sulfone groups is 1. The van der Waals surface area contributed by atoms with E-state index in [1.807, 2.05) is 38.1 Å². The third-order valence-electron chi connectivity index (χ3n) is 6.68. The first-order chi connectivity index (χ1) is 20.8. The molecule has 0 spiro atoms. The molecule has 1 amide bonds. The van der Waals surface area contributed by atoms with Gasteiger partial charge in [0.05, 0.1) is 34.6 Å². The van der Waals surface area contributed by atoms with Crippen molar-refractivity contribution in [2.45, 2.75) is 29.2 Å². The summed E-state index contributed by atoms with van der Waals surface area (Å²) in [4.78, 5) is 27.3. The number of amides is 1. The van der Waals surface area contributed by atoms with Crippen molar-refractivity contribution in [3.63, 3.8) is 0 Å². The summed E-state index contributed by atoms with van der Waals surface area (Å²) < 4.78 is 65.2. The highest BCUT2D eigenvalue weighted by atomic mass is 32.2. The Morgan fingerprint density at radius 2 is 1.70 bits per heavy atom. The molecule has 0 saturated heterocycles. The number of fused-ring (bicyclic) bond motifs is 1. The molecule has 44 heavy (non-hydrogen) atoms. The first-order valence-electron chi connectivity index (χ1n) is 13.5. The van der Waals surface area contributed by atoms with Crippen molar-refractivity contribution in [1.29, 1.82) is 0 Å². The van der Waals surface area contributed by atoms with Gasteiger partial charge in [0, 0.05) is 36.8 Å². The Hall–Kier alpha value is -4.40. The lowest BCUT2D eigenvalue weighted by molar-refractivity contribution is 0.102. The van der Waals surface area contributed by atoms with Crippen LogP contribution in [0.4, 0.5) is 25.1 Å². The van der Waals surface area contributed by atoms with Gasteiger partial charge >= 0.3 is 6.09 Å². The largest absolute Gasteiger partial charge is 0.451 e. The molecule has 4 aromatic rings. The molecule has 0 bridgehead atoms. The van der Waals surface area contributed by atoms with Crippen LogP contribution < -0.4 is 10.6 Å². The minimum absolute atomic E-state index is 0.0755. The van der Waals surface area contributed by atoms with Crippen LogP contribution in [-0.2, 0) is 25.7 Å². The van der Waals surface area contributed by atoms with E-state index in [0.717, 1.165) is 30.3 Å². The predicted octanol–water partition coefficient (Wildman–Crippen LogP) is 4.57. The van der Waals surface area contributed by atoms with Gasteiger partial charge in [-0.1, -0.05) is 6.07 Å². The van der Waals surface area contributed by atoms with Gasteiger partial charge in [-0.25, -0.2) is 22.0 Å². The van der Waals surface area contributed by atoms with Crippen LogP contribution in [0.25, 0.3) is 10.9 Å². The summed E-state index contributed by atoms with van der Waals surface area (Å²) in [5.41, 5.74) is 1.92. The van der Waals surface area contributed by atoms with E-state index < -0.39 is 38.4 Å². The van der Waals surface area contributed by atoms with E-state index >= 15 is 0 Å². The number of carbonyl (C=O) groups is 2. The molecule has 1 heterocycles. The normalized spacial score (nSPS) is 12.4. The zero-order valence-electron chi connectivity index (χ0n) is 24.9. The number of hydrogen-bond donors (Lipinski definition) is 2. The second kappa shape index (κ2) is 13.5. The number of nitrogens with zero attached hydrogens (tertiary/aromatic N) is 3. The van der Waals surface area contributed by atoms with Crippen LogP contribution in [0.15, 0.2) is 64.4 Å². The number of hydrogen-bond acceptors (Lipinski definition) is 9. The maximum Gasteiger partial charge on any atom is 0.435 e. The number of carbonyl (C=O) groups excluding carboxylic acids is 2. The van der Waals surface area contributed by atoms with Crippen molar-refractivity contribution < 1.29 is 36.3 Å². The number of ether oxygens (including phenoxy) is 2. The third-order valence-corrected chi connectivity index (χ3v) is 8.41. The molecule has 3 aromatic carbocycles. The van der Waals surface area contributed by atoms with Crippen molar-refractivity contribution >= 4 is 44.2 Å². The Morgan fingerprint density at radius 3 is 2.34 bits per heavy atom. The van der Waals surface area contributed by atoms with E-state index in [1.54, 1.807) is 13.2 Å². The summed E-state index contributed by atoms with van der Waals surface area (Å²) in [6, 6.07) is 10.8. The van der Waals surface area contributed by atoms with Gasteiger partial charge in [-0.15, -0.1) is 5.10 Å². The van der Waals surface area contributed by atoms with Crippen molar-refractivity contribution in [3.05, 3.63) is 77.4 Å². The molecular formula is C30H33F2N5O6S. The Balaban J connectivity index is 1.78. The Bertz CT molecular complexity index is 1790. The second-order valence-electron chi connectivity index (χ2n) is 10.4. The molecule has 0 aliphatic rings. The van der Waals surface area contributed by atoms with Gasteiger partial charge in [-0.3, -0.25) is 4.79 Å². The van der Waals surface area contributed by atoms with Crippen LogP contribution in [0.1, 0.15) is 22.8 Å². The number of anilines is 2. The lowest BCUT2D eigenvalue weighted by Gasteiger charge is -2.19. The lowest BCUT2D eigenvalue weighted by Crippen LogP contribution is -2.24. The predicted molar refractivity (Wildman–Crippen MR) is 161 cm³/mol. The van der Waals surface area contributed by atoms with Crippen LogP contribution in [0, 0.1) is 11.6 Å². The second-order valence-corrected chi connectivity index (χ2v) is 12.4. The summed E-state index contributed by atoms with van der Waals surface area (Å²) in [5, 5.41) is 10.2. The molecule has 0 aliphatic carbocycles. The zero-order valence-corrected chi connectivity index (χ0v) is 25.7. The minimum Gasteiger partial charge on any atom is -0.451 e. The molecule has 1 aromatic heterocycles. The monoisotopic (exact) mass is 629 g/mol. The van der Waals surface area contributed by atoms with Crippen LogP contribution in [0.2, 0.25) is 0 Å². The van der Waals surface area contributed by atoms with Crippen molar-refractivity contribution in [3.8, 4) is 0 Å². The first kappa shape index (κ1) is 32.5. The quantitative estimate of drug-likeness (QED) is 0.245. The summed E-state index contributed by atoms with van der Waals surface area (Å²) >= 11 is 0. The molecule has 0 aliphatic heterocycles. The van der Waals surface area contributed by atoms with Gasteiger partial charge in [0.25, 0.3) is 5.91 Å². The number of aromatic nitrogens is 2. The maximum atomic E-state index is 13.9. The highest BCUT2D eigenvalue weighted by Gasteiger charge is 2.25. The van der Waals surface area contributed by atoms with Crippen LogP contribution in [0.3, 0.4) is 0 Å². The van der Waals surface area contributed by atoms with Crippen LogP contribution in [0.5, 0.6) is 0 Å². The minimum atomic E-state index is -4.40. The summed E-state index contributed by atoms with van der Waals surface area (Å²) in [6.07, 6.45) is -0.151. The number of nitrogens with one attached hydrogen (secondary N) is 2.